The Morgan fingerprint density at radius 2 is 1.86 bits per heavy atom. The smallest absolute Gasteiger partial charge is 0.409 e. The molecule has 1 saturated carbocycles. The summed E-state index contributed by atoms with van der Waals surface area (Å²) in [5, 5.41) is 13.8. The van der Waals surface area contributed by atoms with E-state index in [-0.39, 0.29) is 66.9 Å². The van der Waals surface area contributed by atoms with Crippen molar-refractivity contribution >= 4 is 87.6 Å². The van der Waals surface area contributed by atoms with Crippen molar-refractivity contribution < 1.29 is 62.3 Å². The standard InChI is InChI=1S/C43H57ClIN5O13S/c1-24-7-6-8-32(59-5)43(57)21-28(61-41(56)46-43)18-34-42(2,63-34)33(20-35(51)49(3)29-16-26(15-24)17-30(58-4)38(29)44)62-37(53)23-60-13-14-64-31-19-36(52)50(40(31)55)22-25-9-11-27(12-10-25)39(54)47-48-45/h6-8,16-17,25,27-28,31-34,48,57H,9-15,18-23H2,1-5H3,(H,46,56)(H,47,54)/b8-6+,24-7+/t25?,27?,28-,31?,32-,33+,34+,42+,43+/m1/s1. The number of halogens is 2. The van der Waals surface area contributed by atoms with E-state index in [4.69, 9.17) is 40.0 Å². The van der Waals surface area contributed by atoms with Gasteiger partial charge in [0.1, 0.15) is 41.3 Å². The van der Waals surface area contributed by atoms with E-state index in [2.05, 4.69) is 14.4 Å². The molecular formula is C43H57ClIN5O13S. The maximum atomic E-state index is 14.1. The molecule has 1 aromatic carbocycles. The van der Waals surface area contributed by atoms with Gasteiger partial charge in [-0.15, -0.1) is 11.8 Å². The molecule has 1 unspecified atom stereocenters. The van der Waals surface area contributed by atoms with E-state index in [1.165, 1.54) is 35.8 Å². The zero-order valence-corrected chi connectivity index (χ0v) is 40.3. The lowest BCUT2D eigenvalue weighted by molar-refractivity contribution is -0.158. The highest BCUT2D eigenvalue weighted by atomic mass is 127. The van der Waals surface area contributed by atoms with Crippen molar-refractivity contribution in [1.29, 1.82) is 0 Å². The number of likely N-dealkylation sites (tertiary alicyclic amines) is 1. The highest BCUT2D eigenvalue weighted by molar-refractivity contribution is 14.1. The summed E-state index contributed by atoms with van der Waals surface area (Å²) in [6.07, 6.45) is 3.95. The molecule has 4 N–H and O–H groups in total. The number of aliphatic hydroxyl groups is 1. The molecule has 1 aliphatic carbocycles. The van der Waals surface area contributed by atoms with Crippen LogP contribution < -0.4 is 24.0 Å². The average Bonchev–Trinajstić information content (AvgIpc) is 3.83. The summed E-state index contributed by atoms with van der Waals surface area (Å²) in [7, 11) is 4.46. The number of ether oxygens (including phenoxy) is 6. The number of hydrazine groups is 1. The van der Waals surface area contributed by atoms with Gasteiger partial charge in [-0.2, -0.15) is 3.64 Å². The fourth-order valence-electron chi connectivity index (χ4n) is 8.84. The van der Waals surface area contributed by atoms with E-state index < -0.39 is 65.6 Å². The molecule has 352 valence electrons. The van der Waals surface area contributed by atoms with E-state index in [0.717, 1.165) is 24.0 Å². The van der Waals surface area contributed by atoms with E-state index in [9.17, 15) is 33.9 Å². The maximum Gasteiger partial charge on any atom is 0.409 e. The zero-order valence-electron chi connectivity index (χ0n) is 36.5. The van der Waals surface area contributed by atoms with Gasteiger partial charge in [0.2, 0.25) is 23.6 Å². The van der Waals surface area contributed by atoms with Crippen LogP contribution in [0.1, 0.15) is 70.8 Å². The Balaban J connectivity index is 1.09. The Morgan fingerprint density at radius 1 is 1.11 bits per heavy atom. The number of nitrogens with zero attached hydrogens (tertiary/aromatic N) is 2. The van der Waals surface area contributed by atoms with Gasteiger partial charge in [-0.25, -0.2) is 9.59 Å². The van der Waals surface area contributed by atoms with Crippen LogP contribution >= 0.6 is 46.2 Å². The van der Waals surface area contributed by atoms with Gasteiger partial charge in [0, 0.05) is 74.5 Å². The average molecular weight is 1050 g/mol. The monoisotopic (exact) mass is 1050 g/mol. The van der Waals surface area contributed by atoms with Crippen LogP contribution in [0.3, 0.4) is 0 Å². The number of epoxide rings is 1. The maximum absolute atomic E-state index is 14.1. The highest BCUT2D eigenvalue weighted by Crippen LogP contribution is 2.47. The number of fused-ring (bicyclic) bond motifs is 5. The van der Waals surface area contributed by atoms with Crippen LogP contribution in [0.15, 0.2) is 35.9 Å². The third-order valence-electron chi connectivity index (χ3n) is 12.6. The lowest BCUT2D eigenvalue weighted by Crippen LogP contribution is -2.62. The molecule has 64 heavy (non-hydrogen) atoms. The minimum absolute atomic E-state index is 0.0552. The fraction of sp³-hybridized carbons (Fsp3) is 0.628. The number of anilines is 1. The summed E-state index contributed by atoms with van der Waals surface area (Å²) in [6.45, 7) is 3.55. The van der Waals surface area contributed by atoms with E-state index in [1.54, 1.807) is 38.3 Å². The summed E-state index contributed by atoms with van der Waals surface area (Å²) in [6, 6.07) is 3.56. The number of methoxy groups -OCH3 is 2. The molecule has 6 rings (SSSR count). The van der Waals surface area contributed by atoms with Gasteiger partial charge in [-0.05, 0) is 69.6 Å². The number of hydrogen-bond acceptors (Lipinski definition) is 15. The van der Waals surface area contributed by atoms with Crippen molar-refractivity contribution in [2.45, 2.75) is 113 Å². The molecule has 4 fully saturated rings. The Kier molecular flexibility index (Phi) is 17.0. The number of hydrogen-bond donors (Lipinski definition) is 4. The molecule has 4 heterocycles. The quantitative estimate of drug-likeness (QED) is 0.0416. The van der Waals surface area contributed by atoms with Gasteiger partial charge in [-0.3, -0.25) is 34.8 Å². The highest BCUT2D eigenvalue weighted by Gasteiger charge is 2.61. The molecule has 4 bridgehead atoms. The third-order valence-corrected chi connectivity index (χ3v) is 14.4. The number of thioether (sulfide) groups is 1. The number of carbonyl (C=O) groups is 6. The van der Waals surface area contributed by atoms with E-state index >= 15 is 0 Å². The summed E-state index contributed by atoms with van der Waals surface area (Å²) in [5.74, 6) is -1.02. The lowest BCUT2D eigenvalue weighted by Gasteiger charge is -2.40. The lowest BCUT2D eigenvalue weighted by atomic mass is 9.81. The summed E-state index contributed by atoms with van der Waals surface area (Å²) >= 11 is 9.89. The Bertz CT molecular complexity index is 2000. The molecule has 0 aromatic heterocycles. The summed E-state index contributed by atoms with van der Waals surface area (Å²) in [4.78, 5) is 81.2. The topological polar surface area (TPSA) is 224 Å². The van der Waals surface area contributed by atoms with Gasteiger partial charge in [0.05, 0.1) is 37.2 Å². The molecule has 3 saturated heterocycles. The van der Waals surface area contributed by atoms with Gasteiger partial charge < -0.3 is 38.4 Å². The minimum atomic E-state index is -1.83. The fourth-order valence-corrected chi connectivity index (χ4v) is 10.4. The number of allylic oxidation sites excluding steroid dienone is 3. The molecule has 18 nitrogen and oxygen atoms in total. The number of carbonyl (C=O) groups excluding carboxylic acids is 6. The van der Waals surface area contributed by atoms with Gasteiger partial charge in [0.15, 0.2) is 5.72 Å². The second-order valence-electron chi connectivity index (χ2n) is 17.1. The molecule has 0 radical (unpaired) electrons. The first-order valence-electron chi connectivity index (χ1n) is 21.3. The number of alkyl carbamates (subject to hydrolysis) is 1. The first kappa shape index (κ1) is 49.9. The molecule has 7 atom stereocenters. The number of amides is 5. The number of nitrogens with one attached hydrogen (secondary N) is 3. The second kappa shape index (κ2) is 21.9. The van der Waals surface area contributed by atoms with Crippen molar-refractivity contribution in [2.75, 3.05) is 51.7 Å². The van der Waals surface area contributed by atoms with Crippen LogP contribution in [0.4, 0.5) is 10.5 Å². The summed E-state index contributed by atoms with van der Waals surface area (Å²) < 4.78 is 37.1. The van der Waals surface area contributed by atoms with Crippen LogP contribution in [0.25, 0.3) is 0 Å². The van der Waals surface area contributed by atoms with Crippen molar-refractivity contribution in [3.8, 4) is 5.75 Å². The predicted molar refractivity (Wildman–Crippen MR) is 243 cm³/mol. The molecule has 4 aliphatic heterocycles. The molecule has 5 amide bonds. The predicted octanol–water partition coefficient (Wildman–Crippen LogP) is 4.08. The number of benzene rings is 1. The third kappa shape index (κ3) is 12.1. The summed E-state index contributed by atoms with van der Waals surface area (Å²) in [5.41, 5.74) is 1.67. The van der Waals surface area contributed by atoms with Crippen LogP contribution in [0, 0.1) is 11.8 Å². The van der Waals surface area contributed by atoms with Crippen molar-refractivity contribution in [3.63, 3.8) is 0 Å². The van der Waals surface area contributed by atoms with Crippen LogP contribution in [0.2, 0.25) is 5.02 Å². The Morgan fingerprint density at radius 3 is 2.56 bits per heavy atom. The Hall–Kier alpha value is -3.51. The second-order valence-corrected chi connectivity index (χ2v) is 19.3. The molecule has 5 aliphatic rings. The van der Waals surface area contributed by atoms with Crippen LogP contribution in [0.5, 0.6) is 5.75 Å². The van der Waals surface area contributed by atoms with Gasteiger partial charge in [0.25, 0.3) is 0 Å². The van der Waals surface area contributed by atoms with E-state index in [1.807, 2.05) is 35.9 Å². The van der Waals surface area contributed by atoms with Gasteiger partial charge in [-0.1, -0.05) is 35.4 Å². The van der Waals surface area contributed by atoms with E-state index in [0.29, 0.717) is 43.0 Å². The molecule has 1 aromatic rings. The van der Waals surface area contributed by atoms with Crippen LogP contribution in [-0.4, -0.2) is 133 Å². The molecule has 0 spiro atoms. The van der Waals surface area contributed by atoms with Crippen molar-refractivity contribution in [1.82, 2.24) is 19.3 Å². The molecular weight excluding hydrogens is 989 g/mol. The molecule has 21 heteroatoms. The first-order chi connectivity index (χ1) is 30.5. The van der Waals surface area contributed by atoms with Crippen molar-refractivity contribution in [3.05, 3.63) is 46.5 Å². The Labute approximate surface area is 395 Å². The largest absolute Gasteiger partial charge is 0.495 e. The minimum Gasteiger partial charge on any atom is -0.495 e. The normalized spacial score (nSPS) is 32.4. The number of esters is 1. The number of rotatable bonds is 13. The zero-order chi connectivity index (χ0) is 46.3. The van der Waals surface area contributed by atoms with Gasteiger partial charge >= 0.3 is 12.1 Å². The van der Waals surface area contributed by atoms with Crippen molar-refractivity contribution in [2.24, 2.45) is 11.8 Å². The van der Waals surface area contributed by atoms with Crippen LogP contribution in [-0.2, 0) is 54.1 Å². The number of imide groups is 1. The first-order valence-corrected chi connectivity index (χ1v) is 23.8. The SMILES string of the molecule is COc1cc2cc(c1Cl)N(C)C(=O)C[C@H](OC(=O)COCCSC1CC(=O)N(CC3CCC(C(=O)NNI)CC3)C1=O)[C@]1(C)O[C@H]1C[C@@H]1C[C@@](O)(NC(=O)O1)[C@H](OC)/C=C/C=C(\C)C2.